The Labute approximate surface area is 76.4 Å². The van der Waals surface area contributed by atoms with E-state index in [2.05, 4.69) is 9.47 Å². The van der Waals surface area contributed by atoms with Gasteiger partial charge >= 0.3 is 11.9 Å². The molecule has 0 amide bonds. The highest BCUT2D eigenvalue weighted by molar-refractivity contribution is 7.47. The minimum Gasteiger partial charge on any atom is -0.469 e. The van der Waals surface area contributed by atoms with Crippen LogP contribution in [-0.4, -0.2) is 41.6 Å². The number of hydrogen-bond donors (Lipinski definition) is 2. The first-order valence-electron chi connectivity index (χ1n) is 3.34. The van der Waals surface area contributed by atoms with Gasteiger partial charge in [-0.1, -0.05) is 0 Å². The van der Waals surface area contributed by atoms with Crippen LogP contribution in [0.3, 0.4) is 0 Å². The van der Waals surface area contributed by atoms with Crippen molar-refractivity contribution in [2.45, 2.75) is 12.1 Å². The van der Waals surface area contributed by atoms with Gasteiger partial charge in [0.1, 0.15) is 5.66 Å². The molecule has 0 aliphatic rings. The number of carbonyl (C=O) groups excluding carboxylic acids is 2. The van der Waals surface area contributed by atoms with Crippen molar-refractivity contribution in [1.29, 1.82) is 0 Å². The highest BCUT2D eigenvalue weighted by atomic mass is 31.2. The topological polar surface area (TPSA) is 93.1 Å². The summed E-state index contributed by atoms with van der Waals surface area (Å²) in [4.78, 5) is 39.1. The molecule has 2 N–H and O–H groups in total. The Morgan fingerprint density at radius 3 is 2.15 bits per heavy atom. The fraction of sp³-hybridized carbons (Fsp3) is 0.667. The maximum atomic E-state index is 10.9. The summed E-state index contributed by atoms with van der Waals surface area (Å²) in [5.74, 6) is -1.52. The lowest BCUT2D eigenvalue weighted by atomic mass is 10.3. The fourth-order valence-electron chi connectivity index (χ4n) is 0.637. The van der Waals surface area contributed by atoms with Gasteiger partial charge in [-0.15, -0.1) is 0 Å². The molecular weight excluding hydrogens is 199 g/mol. The van der Waals surface area contributed by atoms with Crippen LogP contribution in [-0.2, 0) is 19.1 Å². The third kappa shape index (κ3) is 4.17. The van der Waals surface area contributed by atoms with E-state index in [0.717, 1.165) is 14.2 Å². The highest BCUT2D eigenvalue weighted by Crippen LogP contribution is 2.34. The molecule has 0 aromatic rings. The fourth-order valence-corrected chi connectivity index (χ4v) is 1.24. The lowest BCUT2D eigenvalue weighted by Crippen LogP contribution is -2.24. The molecule has 0 spiro atoms. The minimum atomic E-state index is -2.52. The van der Waals surface area contributed by atoms with Gasteiger partial charge in [-0.2, -0.15) is 0 Å². The van der Waals surface area contributed by atoms with E-state index in [0.29, 0.717) is 0 Å². The summed E-state index contributed by atoms with van der Waals surface area (Å²) >= 11 is 0. The van der Waals surface area contributed by atoms with E-state index in [-0.39, 0.29) is 6.42 Å². The van der Waals surface area contributed by atoms with Gasteiger partial charge in [0.15, 0.2) is 8.38 Å². The second-order valence-electron chi connectivity index (χ2n) is 2.14. The van der Waals surface area contributed by atoms with Gasteiger partial charge in [-0.25, -0.2) is 0 Å². The Morgan fingerprint density at radius 1 is 1.31 bits per heavy atom. The molecule has 0 aromatic heterocycles. The molecular formula is C6H11O6P. The predicted molar refractivity (Wildman–Crippen MR) is 43.8 cm³/mol. The quantitative estimate of drug-likeness (QED) is 0.474. The summed E-state index contributed by atoms with van der Waals surface area (Å²) in [5.41, 5.74) is -1.23. The van der Waals surface area contributed by atoms with E-state index < -0.39 is 26.0 Å². The molecule has 6 nitrogen and oxygen atoms in total. The van der Waals surface area contributed by atoms with Crippen molar-refractivity contribution in [2.24, 2.45) is 0 Å². The van der Waals surface area contributed by atoms with Crippen molar-refractivity contribution in [3.05, 3.63) is 0 Å². The molecule has 76 valence electrons. The van der Waals surface area contributed by atoms with Crippen LogP contribution in [0.5, 0.6) is 0 Å². The van der Waals surface area contributed by atoms with Crippen molar-refractivity contribution in [3.63, 3.8) is 0 Å². The standard InChI is InChI=1S/C6H11O6P/c1-11-5(7)3-4(13(9)10)6(8)12-2/h4,9-10H,3H2,1-2H3. The van der Waals surface area contributed by atoms with Crippen LogP contribution < -0.4 is 0 Å². The largest absolute Gasteiger partial charge is 0.469 e. The maximum absolute atomic E-state index is 10.9. The van der Waals surface area contributed by atoms with Gasteiger partial charge in [-0.3, -0.25) is 9.59 Å². The zero-order valence-corrected chi connectivity index (χ0v) is 8.15. The third-order valence-corrected chi connectivity index (χ3v) is 2.29. The van der Waals surface area contributed by atoms with Crippen LogP contribution in [0.4, 0.5) is 0 Å². The van der Waals surface area contributed by atoms with E-state index in [4.69, 9.17) is 9.79 Å². The first kappa shape index (κ1) is 12.3. The van der Waals surface area contributed by atoms with Gasteiger partial charge in [0, 0.05) is 0 Å². The number of ether oxygens (including phenoxy) is 2. The highest BCUT2D eigenvalue weighted by Gasteiger charge is 2.30. The van der Waals surface area contributed by atoms with E-state index in [9.17, 15) is 9.59 Å². The molecule has 1 unspecified atom stereocenters. The first-order chi connectivity index (χ1) is 6.02. The van der Waals surface area contributed by atoms with Crippen molar-refractivity contribution < 1.29 is 28.8 Å². The summed E-state index contributed by atoms with van der Waals surface area (Å²) in [5, 5.41) is 0. The molecule has 0 rings (SSSR count). The van der Waals surface area contributed by atoms with Crippen molar-refractivity contribution in [3.8, 4) is 0 Å². The SMILES string of the molecule is COC(=O)CC(C(=O)OC)P(O)O. The second-order valence-corrected chi connectivity index (χ2v) is 3.40. The number of carbonyl (C=O) groups is 2. The van der Waals surface area contributed by atoms with E-state index >= 15 is 0 Å². The minimum absolute atomic E-state index is 0.387. The van der Waals surface area contributed by atoms with Crippen LogP contribution in [0.1, 0.15) is 6.42 Å². The van der Waals surface area contributed by atoms with Crippen LogP contribution in [0.25, 0.3) is 0 Å². The molecule has 7 heteroatoms. The van der Waals surface area contributed by atoms with Crippen molar-refractivity contribution in [2.75, 3.05) is 14.2 Å². The van der Waals surface area contributed by atoms with E-state index in [1.807, 2.05) is 0 Å². The first-order valence-corrected chi connectivity index (χ1v) is 4.66. The van der Waals surface area contributed by atoms with Gasteiger partial charge in [-0.05, 0) is 0 Å². The molecule has 13 heavy (non-hydrogen) atoms. The van der Waals surface area contributed by atoms with E-state index in [1.165, 1.54) is 0 Å². The molecule has 0 aliphatic carbocycles. The Balaban J connectivity index is 4.26. The monoisotopic (exact) mass is 210 g/mol. The van der Waals surface area contributed by atoms with Crippen molar-refractivity contribution >= 4 is 20.3 Å². The van der Waals surface area contributed by atoms with Gasteiger partial charge in [0.2, 0.25) is 0 Å². The Bertz CT molecular complexity index is 192. The summed E-state index contributed by atoms with van der Waals surface area (Å²) in [6.45, 7) is 0. The summed E-state index contributed by atoms with van der Waals surface area (Å²) < 4.78 is 8.54. The van der Waals surface area contributed by atoms with Gasteiger partial charge in [0.25, 0.3) is 0 Å². The Morgan fingerprint density at radius 2 is 1.85 bits per heavy atom. The van der Waals surface area contributed by atoms with E-state index in [1.54, 1.807) is 0 Å². The molecule has 0 bridgehead atoms. The summed E-state index contributed by atoms with van der Waals surface area (Å²) in [6.07, 6.45) is -0.387. The van der Waals surface area contributed by atoms with Crippen LogP contribution >= 0.6 is 8.38 Å². The molecule has 0 saturated carbocycles. The number of hydrogen-bond acceptors (Lipinski definition) is 6. The Hall–Kier alpha value is -0.710. The molecule has 1 atom stereocenters. The molecule has 0 heterocycles. The van der Waals surface area contributed by atoms with Crippen LogP contribution in [0.15, 0.2) is 0 Å². The number of rotatable bonds is 4. The van der Waals surface area contributed by atoms with Gasteiger partial charge in [0.05, 0.1) is 20.6 Å². The normalized spacial score (nSPS) is 12.4. The maximum Gasteiger partial charge on any atom is 0.318 e. The average molecular weight is 210 g/mol. The third-order valence-electron chi connectivity index (χ3n) is 1.34. The lowest BCUT2D eigenvalue weighted by molar-refractivity contribution is -0.147. The zero-order chi connectivity index (χ0) is 10.4. The smallest absolute Gasteiger partial charge is 0.318 e. The van der Waals surface area contributed by atoms with Crippen LogP contribution in [0, 0.1) is 0 Å². The second kappa shape index (κ2) is 5.85. The molecule has 0 saturated heterocycles. The molecule has 0 radical (unpaired) electrons. The summed E-state index contributed by atoms with van der Waals surface area (Å²) in [6, 6.07) is 0. The predicted octanol–water partition coefficient (Wildman–Crippen LogP) is -0.612. The molecule has 0 aromatic carbocycles. The molecule has 0 aliphatic heterocycles. The van der Waals surface area contributed by atoms with Crippen molar-refractivity contribution in [1.82, 2.24) is 0 Å². The lowest BCUT2D eigenvalue weighted by Gasteiger charge is -2.13. The number of methoxy groups -OCH3 is 2. The van der Waals surface area contributed by atoms with Gasteiger partial charge < -0.3 is 19.3 Å². The molecule has 0 fully saturated rings. The zero-order valence-electron chi connectivity index (χ0n) is 7.26. The van der Waals surface area contributed by atoms with Crippen LogP contribution in [0.2, 0.25) is 0 Å². The number of esters is 2. The average Bonchev–Trinajstić information content (AvgIpc) is 2.11. The summed E-state index contributed by atoms with van der Waals surface area (Å²) in [7, 11) is -0.274. The Kier molecular flexibility index (Phi) is 5.53.